The summed E-state index contributed by atoms with van der Waals surface area (Å²) in [7, 11) is 1.65. The Labute approximate surface area is 114 Å². The van der Waals surface area contributed by atoms with Gasteiger partial charge >= 0.3 is 0 Å². The van der Waals surface area contributed by atoms with E-state index in [4.69, 9.17) is 5.73 Å². The molecule has 0 bridgehead atoms. The molecule has 0 aliphatic heterocycles. The second-order valence-corrected chi connectivity index (χ2v) is 5.22. The molecule has 0 saturated heterocycles. The Balaban J connectivity index is 2.17. The van der Waals surface area contributed by atoms with Gasteiger partial charge in [0.1, 0.15) is 0 Å². The van der Waals surface area contributed by atoms with Gasteiger partial charge in [0.25, 0.3) is 5.91 Å². The topological polar surface area (TPSA) is 67.2 Å². The zero-order valence-electron chi connectivity index (χ0n) is 11.5. The van der Waals surface area contributed by atoms with Crippen LogP contribution in [0, 0.1) is 0 Å². The lowest BCUT2D eigenvalue weighted by molar-refractivity contribution is 0.0964. The predicted molar refractivity (Wildman–Crippen MR) is 79.4 cm³/mol. The van der Waals surface area contributed by atoms with Crippen molar-refractivity contribution in [1.82, 2.24) is 5.32 Å². The first kappa shape index (κ1) is 13.7. The summed E-state index contributed by atoms with van der Waals surface area (Å²) in [5.74, 6) is -0.0730. The molecule has 4 N–H and O–H groups in total. The normalized spacial score (nSPS) is 16.7. The van der Waals surface area contributed by atoms with Crippen molar-refractivity contribution >= 4 is 17.3 Å². The smallest absolute Gasteiger partial charge is 0.253 e. The highest BCUT2D eigenvalue weighted by molar-refractivity contribution is 6.00. The van der Waals surface area contributed by atoms with Crippen molar-refractivity contribution in [3.05, 3.63) is 23.8 Å². The number of amides is 1. The van der Waals surface area contributed by atoms with Gasteiger partial charge in [-0.1, -0.05) is 25.7 Å². The molecule has 0 spiro atoms. The van der Waals surface area contributed by atoms with Gasteiger partial charge in [0.05, 0.1) is 5.56 Å². The van der Waals surface area contributed by atoms with E-state index in [1.165, 1.54) is 38.5 Å². The molecular weight excluding hydrogens is 238 g/mol. The number of rotatable bonds is 3. The van der Waals surface area contributed by atoms with Crippen LogP contribution in [0.25, 0.3) is 0 Å². The molecule has 1 aromatic rings. The van der Waals surface area contributed by atoms with Crippen LogP contribution in [-0.2, 0) is 0 Å². The van der Waals surface area contributed by atoms with Crippen LogP contribution in [0.1, 0.15) is 48.9 Å². The Bertz CT molecular complexity index is 437. The SMILES string of the molecule is CNC(=O)c1ccc(N)cc1NC1CCCCCC1. The van der Waals surface area contributed by atoms with Crippen molar-refractivity contribution in [3.63, 3.8) is 0 Å². The number of carbonyl (C=O) groups excluding carboxylic acids is 1. The van der Waals surface area contributed by atoms with Crippen molar-refractivity contribution in [3.8, 4) is 0 Å². The van der Waals surface area contributed by atoms with Gasteiger partial charge in [-0.05, 0) is 31.0 Å². The molecule has 0 radical (unpaired) electrons. The largest absolute Gasteiger partial charge is 0.399 e. The van der Waals surface area contributed by atoms with Gasteiger partial charge < -0.3 is 16.4 Å². The average molecular weight is 261 g/mol. The van der Waals surface area contributed by atoms with Crippen LogP contribution >= 0.6 is 0 Å². The highest BCUT2D eigenvalue weighted by Crippen LogP contribution is 2.25. The van der Waals surface area contributed by atoms with Gasteiger partial charge in [0, 0.05) is 24.5 Å². The Morgan fingerprint density at radius 2 is 1.89 bits per heavy atom. The first-order chi connectivity index (χ1) is 9.20. The summed E-state index contributed by atoms with van der Waals surface area (Å²) < 4.78 is 0. The summed E-state index contributed by atoms with van der Waals surface area (Å²) in [5.41, 5.74) is 8.04. The van der Waals surface area contributed by atoms with E-state index in [2.05, 4.69) is 10.6 Å². The number of benzene rings is 1. The van der Waals surface area contributed by atoms with Gasteiger partial charge in [-0.3, -0.25) is 4.79 Å². The van der Waals surface area contributed by atoms with Gasteiger partial charge in [0.15, 0.2) is 0 Å². The molecule has 2 rings (SSSR count). The van der Waals surface area contributed by atoms with Crippen LogP contribution in [0.4, 0.5) is 11.4 Å². The maximum Gasteiger partial charge on any atom is 0.253 e. The second-order valence-electron chi connectivity index (χ2n) is 5.22. The number of hydrogen-bond donors (Lipinski definition) is 3. The van der Waals surface area contributed by atoms with Gasteiger partial charge in [-0.2, -0.15) is 0 Å². The van der Waals surface area contributed by atoms with E-state index < -0.39 is 0 Å². The fourth-order valence-corrected chi connectivity index (χ4v) is 2.66. The van der Waals surface area contributed by atoms with Crippen molar-refractivity contribution in [2.75, 3.05) is 18.1 Å². The number of hydrogen-bond acceptors (Lipinski definition) is 3. The van der Waals surface area contributed by atoms with E-state index in [0.29, 0.717) is 17.3 Å². The summed E-state index contributed by atoms with van der Waals surface area (Å²) in [6.45, 7) is 0. The third-order valence-electron chi connectivity index (χ3n) is 3.73. The Morgan fingerprint density at radius 1 is 1.21 bits per heavy atom. The van der Waals surface area contributed by atoms with E-state index in [9.17, 15) is 4.79 Å². The van der Waals surface area contributed by atoms with E-state index in [1.807, 2.05) is 6.07 Å². The molecule has 1 fully saturated rings. The first-order valence-corrected chi connectivity index (χ1v) is 7.09. The number of anilines is 2. The van der Waals surface area contributed by atoms with Crippen molar-refractivity contribution in [2.24, 2.45) is 0 Å². The van der Waals surface area contributed by atoms with Crippen LogP contribution in [-0.4, -0.2) is 19.0 Å². The number of nitrogens with two attached hydrogens (primary N) is 1. The Morgan fingerprint density at radius 3 is 2.53 bits per heavy atom. The van der Waals surface area contributed by atoms with Crippen molar-refractivity contribution in [2.45, 2.75) is 44.6 Å². The van der Waals surface area contributed by atoms with Crippen LogP contribution in [0.15, 0.2) is 18.2 Å². The van der Waals surface area contributed by atoms with Crippen LogP contribution in [0.2, 0.25) is 0 Å². The van der Waals surface area contributed by atoms with Crippen LogP contribution in [0.3, 0.4) is 0 Å². The van der Waals surface area contributed by atoms with Gasteiger partial charge in [0.2, 0.25) is 0 Å². The van der Waals surface area contributed by atoms with Crippen LogP contribution in [0.5, 0.6) is 0 Å². The van der Waals surface area contributed by atoms with Gasteiger partial charge in [-0.15, -0.1) is 0 Å². The molecule has 0 heterocycles. The molecule has 0 unspecified atom stereocenters. The lowest BCUT2D eigenvalue weighted by Crippen LogP contribution is -2.24. The zero-order chi connectivity index (χ0) is 13.7. The molecule has 19 heavy (non-hydrogen) atoms. The minimum absolute atomic E-state index is 0.0730. The maximum atomic E-state index is 11.9. The number of nitrogen functional groups attached to an aromatic ring is 1. The zero-order valence-corrected chi connectivity index (χ0v) is 11.5. The Hall–Kier alpha value is -1.71. The standard InChI is InChI=1S/C15H23N3O/c1-17-15(19)13-9-8-11(16)10-14(13)18-12-6-4-2-3-5-7-12/h8-10,12,18H,2-7,16H2,1H3,(H,17,19). The highest BCUT2D eigenvalue weighted by Gasteiger charge is 2.16. The summed E-state index contributed by atoms with van der Waals surface area (Å²) in [4.78, 5) is 11.9. The average Bonchev–Trinajstić information content (AvgIpc) is 2.67. The third kappa shape index (κ3) is 3.63. The van der Waals surface area contributed by atoms with E-state index >= 15 is 0 Å². The molecule has 1 amide bonds. The summed E-state index contributed by atoms with van der Waals surface area (Å²) in [6, 6.07) is 5.86. The number of nitrogens with one attached hydrogen (secondary N) is 2. The predicted octanol–water partition coefficient (Wildman–Crippen LogP) is 2.76. The minimum atomic E-state index is -0.0730. The quantitative estimate of drug-likeness (QED) is 0.579. The maximum absolute atomic E-state index is 11.9. The molecule has 104 valence electrons. The van der Waals surface area contributed by atoms with Crippen molar-refractivity contribution < 1.29 is 4.79 Å². The minimum Gasteiger partial charge on any atom is -0.399 e. The molecular formula is C15H23N3O. The summed E-state index contributed by atoms with van der Waals surface area (Å²) in [5, 5.41) is 6.18. The first-order valence-electron chi connectivity index (χ1n) is 7.09. The van der Waals surface area contributed by atoms with Crippen molar-refractivity contribution in [1.29, 1.82) is 0 Å². The molecule has 1 aliphatic rings. The molecule has 0 aromatic heterocycles. The fourth-order valence-electron chi connectivity index (χ4n) is 2.66. The molecule has 1 aromatic carbocycles. The van der Waals surface area contributed by atoms with Gasteiger partial charge in [-0.25, -0.2) is 0 Å². The highest BCUT2D eigenvalue weighted by atomic mass is 16.1. The number of carbonyl (C=O) groups is 1. The fraction of sp³-hybridized carbons (Fsp3) is 0.533. The molecule has 1 aliphatic carbocycles. The third-order valence-corrected chi connectivity index (χ3v) is 3.73. The van der Waals surface area contributed by atoms with Crippen LogP contribution < -0.4 is 16.4 Å². The van der Waals surface area contributed by atoms with E-state index in [-0.39, 0.29) is 5.91 Å². The lowest BCUT2D eigenvalue weighted by atomic mass is 10.1. The lowest BCUT2D eigenvalue weighted by Gasteiger charge is -2.20. The molecule has 4 nitrogen and oxygen atoms in total. The summed E-state index contributed by atoms with van der Waals surface area (Å²) >= 11 is 0. The Kier molecular flexibility index (Phi) is 4.66. The molecule has 1 saturated carbocycles. The molecule has 0 atom stereocenters. The monoisotopic (exact) mass is 261 g/mol. The van der Waals surface area contributed by atoms with E-state index in [0.717, 1.165) is 5.69 Å². The van der Waals surface area contributed by atoms with E-state index in [1.54, 1.807) is 19.2 Å². The second kappa shape index (κ2) is 6.45. The summed E-state index contributed by atoms with van der Waals surface area (Å²) in [6.07, 6.45) is 7.49. The molecule has 4 heteroatoms.